The minimum atomic E-state index is -0.565. The van der Waals surface area contributed by atoms with Crippen LogP contribution in [-0.2, 0) is 20.7 Å². The molecule has 0 aliphatic heterocycles. The molecule has 0 unspecified atom stereocenters. The molecule has 0 heterocycles. The average Bonchev–Trinajstić information content (AvgIpc) is 2.81. The number of hydrogen-bond acceptors (Lipinski definition) is 6. The summed E-state index contributed by atoms with van der Waals surface area (Å²) in [6.45, 7) is 1.08. The summed E-state index contributed by atoms with van der Waals surface area (Å²) in [7, 11) is 4.71. The van der Waals surface area contributed by atoms with Crippen LogP contribution in [0.3, 0.4) is 0 Å². The first-order chi connectivity index (χ1) is 16.0. The molecule has 4 N–H and O–H groups in total. The highest BCUT2D eigenvalue weighted by atomic mass is 16.5. The van der Waals surface area contributed by atoms with Crippen molar-refractivity contribution in [1.82, 2.24) is 16.0 Å². The van der Waals surface area contributed by atoms with Crippen LogP contribution < -0.4 is 25.4 Å². The van der Waals surface area contributed by atoms with Gasteiger partial charge in [-0.2, -0.15) is 0 Å². The molecule has 2 rings (SSSR count). The van der Waals surface area contributed by atoms with E-state index < -0.39 is 6.04 Å². The van der Waals surface area contributed by atoms with E-state index in [9.17, 15) is 9.59 Å². The van der Waals surface area contributed by atoms with E-state index in [1.54, 1.807) is 32.4 Å². The van der Waals surface area contributed by atoms with Gasteiger partial charge in [0.25, 0.3) is 0 Å². The lowest BCUT2D eigenvalue weighted by molar-refractivity contribution is -0.123. The van der Waals surface area contributed by atoms with Crippen LogP contribution in [0.15, 0.2) is 18.2 Å². The molecule has 1 aromatic carbocycles. The van der Waals surface area contributed by atoms with E-state index in [4.69, 9.17) is 19.6 Å². The summed E-state index contributed by atoms with van der Waals surface area (Å²) in [5.41, 5.74) is 0.729. The van der Waals surface area contributed by atoms with E-state index in [2.05, 4.69) is 16.0 Å². The van der Waals surface area contributed by atoms with Crippen LogP contribution in [0.2, 0.25) is 0 Å². The molecule has 9 nitrogen and oxygen atoms in total. The molecule has 1 aromatic rings. The fraction of sp³-hybridized carbons (Fsp3) is 0.625. The van der Waals surface area contributed by atoms with Gasteiger partial charge in [-0.25, -0.2) is 0 Å². The molecule has 1 atom stereocenters. The monoisotopic (exact) mass is 462 g/mol. The highest BCUT2D eigenvalue weighted by molar-refractivity contribution is 5.98. The molecule has 33 heavy (non-hydrogen) atoms. The lowest BCUT2D eigenvalue weighted by Gasteiger charge is -2.27. The van der Waals surface area contributed by atoms with Gasteiger partial charge in [0.2, 0.25) is 11.8 Å². The maximum atomic E-state index is 12.8. The van der Waals surface area contributed by atoms with Crippen LogP contribution in [0, 0.1) is 11.3 Å². The molecule has 0 bridgehead atoms. The largest absolute Gasteiger partial charge is 0.493 e. The molecule has 9 heteroatoms. The van der Waals surface area contributed by atoms with E-state index >= 15 is 0 Å². The van der Waals surface area contributed by atoms with Gasteiger partial charge in [-0.05, 0) is 36.5 Å². The number of nitrogens with one attached hydrogen (secondary N) is 4. The first-order valence-corrected chi connectivity index (χ1v) is 11.6. The molecule has 184 valence electrons. The van der Waals surface area contributed by atoms with Crippen LogP contribution in [0.4, 0.5) is 0 Å². The lowest BCUT2D eigenvalue weighted by Crippen LogP contribution is -2.52. The molecule has 1 saturated carbocycles. The Labute approximate surface area is 196 Å². The van der Waals surface area contributed by atoms with Crippen molar-refractivity contribution in [2.24, 2.45) is 5.92 Å². The summed E-state index contributed by atoms with van der Waals surface area (Å²) in [5.74, 6) is 0.878. The SMILES string of the molecule is COCCCNC(=O)[C@H](CC1CCCCC1)NC(=N)NC(=O)Cc1ccc(OC)c(OC)c1. The second-order valence-electron chi connectivity index (χ2n) is 8.36. The number of guanidine groups is 1. The van der Waals surface area contributed by atoms with Crippen LogP contribution in [-0.4, -0.2) is 58.3 Å². The second kappa shape index (κ2) is 14.4. The van der Waals surface area contributed by atoms with E-state index in [0.29, 0.717) is 37.0 Å². The third kappa shape index (κ3) is 9.29. The van der Waals surface area contributed by atoms with Crippen LogP contribution in [0.5, 0.6) is 11.5 Å². The van der Waals surface area contributed by atoms with E-state index in [1.165, 1.54) is 26.4 Å². The first-order valence-electron chi connectivity index (χ1n) is 11.6. The molecule has 1 fully saturated rings. The van der Waals surface area contributed by atoms with Crippen molar-refractivity contribution in [3.8, 4) is 11.5 Å². The van der Waals surface area contributed by atoms with Crippen molar-refractivity contribution in [1.29, 1.82) is 5.41 Å². The van der Waals surface area contributed by atoms with E-state index in [1.807, 2.05) is 0 Å². The van der Waals surface area contributed by atoms with Gasteiger partial charge in [-0.3, -0.25) is 20.3 Å². The van der Waals surface area contributed by atoms with Gasteiger partial charge in [0.1, 0.15) is 6.04 Å². The molecule has 0 spiro atoms. The molecule has 2 amide bonds. The molecule has 1 aliphatic carbocycles. The van der Waals surface area contributed by atoms with Gasteiger partial charge in [0.05, 0.1) is 20.6 Å². The topological polar surface area (TPSA) is 122 Å². The summed E-state index contributed by atoms with van der Waals surface area (Å²) in [6.07, 6.45) is 7.20. The fourth-order valence-corrected chi connectivity index (χ4v) is 4.11. The zero-order valence-corrected chi connectivity index (χ0v) is 20.0. The number of carbonyl (C=O) groups excluding carboxylic acids is 2. The maximum Gasteiger partial charge on any atom is 0.242 e. The van der Waals surface area contributed by atoms with Gasteiger partial charge in [0, 0.05) is 20.3 Å². The Balaban J connectivity index is 1.92. The van der Waals surface area contributed by atoms with E-state index in [0.717, 1.165) is 24.8 Å². The molecular weight excluding hydrogens is 424 g/mol. The highest BCUT2D eigenvalue weighted by Crippen LogP contribution is 2.28. The predicted octanol–water partition coefficient (Wildman–Crippen LogP) is 2.38. The smallest absolute Gasteiger partial charge is 0.242 e. The van der Waals surface area contributed by atoms with Crippen LogP contribution in [0.1, 0.15) is 50.5 Å². The Morgan fingerprint density at radius 1 is 1.09 bits per heavy atom. The number of hydrogen-bond donors (Lipinski definition) is 4. The summed E-state index contributed by atoms with van der Waals surface area (Å²) in [4.78, 5) is 25.3. The molecular formula is C24H38N4O5. The molecule has 0 aromatic heterocycles. The number of ether oxygens (including phenoxy) is 3. The summed E-state index contributed by atoms with van der Waals surface area (Å²) >= 11 is 0. The second-order valence-corrected chi connectivity index (χ2v) is 8.36. The molecule has 0 radical (unpaired) electrons. The maximum absolute atomic E-state index is 12.8. The average molecular weight is 463 g/mol. The summed E-state index contributed by atoms with van der Waals surface area (Å²) in [5, 5.41) is 16.6. The van der Waals surface area contributed by atoms with Crippen molar-refractivity contribution in [2.45, 2.75) is 57.4 Å². The number of carbonyl (C=O) groups is 2. The molecule has 0 saturated heterocycles. The lowest BCUT2D eigenvalue weighted by atomic mass is 9.84. The fourth-order valence-electron chi connectivity index (χ4n) is 4.11. The zero-order valence-electron chi connectivity index (χ0n) is 20.0. The van der Waals surface area contributed by atoms with Crippen molar-refractivity contribution in [3.63, 3.8) is 0 Å². The van der Waals surface area contributed by atoms with Gasteiger partial charge >= 0.3 is 0 Å². The number of methoxy groups -OCH3 is 3. The molecule has 1 aliphatic rings. The Morgan fingerprint density at radius 3 is 2.48 bits per heavy atom. The highest BCUT2D eigenvalue weighted by Gasteiger charge is 2.25. The Morgan fingerprint density at radius 2 is 1.82 bits per heavy atom. The van der Waals surface area contributed by atoms with Crippen LogP contribution >= 0.6 is 0 Å². The minimum absolute atomic E-state index is 0.0704. The zero-order chi connectivity index (χ0) is 24.1. The number of amides is 2. The Hall–Kier alpha value is -2.81. The third-order valence-electron chi connectivity index (χ3n) is 5.83. The van der Waals surface area contributed by atoms with Gasteiger partial charge < -0.3 is 24.8 Å². The van der Waals surface area contributed by atoms with Crippen molar-refractivity contribution < 1.29 is 23.8 Å². The predicted molar refractivity (Wildman–Crippen MR) is 127 cm³/mol. The van der Waals surface area contributed by atoms with E-state index in [-0.39, 0.29) is 24.2 Å². The van der Waals surface area contributed by atoms with Gasteiger partial charge in [-0.1, -0.05) is 38.2 Å². The normalized spacial score (nSPS) is 14.8. The van der Waals surface area contributed by atoms with Crippen LogP contribution in [0.25, 0.3) is 0 Å². The number of rotatable bonds is 12. The first kappa shape index (κ1) is 26.4. The standard InChI is InChI=1S/C24H38N4O5/c1-31-13-7-12-26-23(30)19(14-17-8-5-4-6-9-17)27-24(25)28-22(29)16-18-10-11-20(32-2)21(15-18)33-3/h10-11,15,17,19H,4-9,12-14,16H2,1-3H3,(H,26,30)(H3,25,27,28,29)/t19-/m0/s1. The van der Waals surface area contributed by atoms with Crippen molar-refractivity contribution in [2.75, 3.05) is 34.5 Å². The summed E-state index contributed by atoms with van der Waals surface area (Å²) in [6, 6.07) is 4.68. The summed E-state index contributed by atoms with van der Waals surface area (Å²) < 4.78 is 15.5. The third-order valence-corrected chi connectivity index (χ3v) is 5.83. The van der Waals surface area contributed by atoms with Gasteiger partial charge in [0.15, 0.2) is 17.5 Å². The minimum Gasteiger partial charge on any atom is -0.493 e. The quantitative estimate of drug-likeness (QED) is 0.215. The Bertz CT molecular complexity index is 780. The number of benzene rings is 1. The van der Waals surface area contributed by atoms with Gasteiger partial charge in [-0.15, -0.1) is 0 Å². The van der Waals surface area contributed by atoms with Crippen molar-refractivity contribution in [3.05, 3.63) is 23.8 Å². The van der Waals surface area contributed by atoms with Crippen molar-refractivity contribution >= 4 is 17.8 Å². The Kier molecular flexibility index (Phi) is 11.5.